The fourth-order valence-corrected chi connectivity index (χ4v) is 10.9. The van der Waals surface area contributed by atoms with Crippen molar-refractivity contribution in [1.29, 1.82) is 0 Å². The predicted molar refractivity (Wildman–Crippen MR) is 153 cm³/mol. The summed E-state index contributed by atoms with van der Waals surface area (Å²) in [5.74, 6) is 7.81. The van der Waals surface area contributed by atoms with Gasteiger partial charge in [0.15, 0.2) is 0 Å². The van der Waals surface area contributed by atoms with Crippen LogP contribution in [0.1, 0.15) is 0 Å². The summed E-state index contributed by atoms with van der Waals surface area (Å²) in [7, 11) is 0. The van der Waals surface area contributed by atoms with Gasteiger partial charge in [-0.05, 0) is 24.3 Å². The minimum atomic E-state index is -0.248. The highest BCUT2D eigenvalue weighted by molar-refractivity contribution is 8.09. The molecule has 0 aromatic heterocycles. The highest BCUT2D eigenvalue weighted by Crippen LogP contribution is 2.34. The molecule has 1 aliphatic heterocycles. The molecule has 4 unspecified atom stereocenters. The summed E-state index contributed by atoms with van der Waals surface area (Å²) in [6, 6.07) is 20.6. The van der Waals surface area contributed by atoms with Crippen LogP contribution in [0.25, 0.3) is 0 Å². The van der Waals surface area contributed by atoms with Gasteiger partial charge in [-0.2, -0.15) is 47.0 Å². The molecule has 32 heavy (non-hydrogen) atoms. The first-order valence-electron chi connectivity index (χ1n) is 10.8. The lowest BCUT2D eigenvalue weighted by Gasteiger charge is -2.27. The van der Waals surface area contributed by atoms with Gasteiger partial charge in [-0.3, -0.25) is 0 Å². The van der Waals surface area contributed by atoms with Crippen LogP contribution in [-0.2, 0) is 0 Å². The van der Waals surface area contributed by atoms with Gasteiger partial charge in [0.2, 0.25) is 0 Å². The summed E-state index contributed by atoms with van der Waals surface area (Å²) in [5, 5.41) is 21.9. The Hall–Kier alpha value is 0.460. The van der Waals surface area contributed by atoms with Crippen LogP contribution in [0, 0.1) is 0 Å². The van der Waals surface area contributed by atoms with Crippen LogP contribution < -0.4 is 0 Å². The maximum Gasteiger partial charge on any atom is 0.0724 e. The largest absolute Gasteiger partial charge is 0.391 e. The molecular formula is C24H32O2S6. The molecule has 1 heterocycles. The molecule has 0 radical (unpaired) electrons. The SMILES string of the molecule is OC(CSCC1CSC(CSCC(O)CSc2ccccc2)CS1)CSc1ccccc1. The van der Waals surface area contributed by atoms with Gasteiger partial charge in [0.05, 0.1) is 12.2 Å². The van der Waals surface area contributed by atoms with Crippen molar-refractivity contribution < 1.29 is 10.2 Å². The Morgan fingerprint density at radius 3 is 1.44 bits per heavy atom. The van der Waals surface area contributed by atoms with E-state index in [4.69, 9.17) is 0 Å². The first-order chi connectivity index (χ1) is 15.7. The number of aliphatic hydroxyl groups excluding tert-OH is 2. The van der Waals surface area contributed by atoms with Crippen molar-refractivity contribution in [2.45, 2.75) is 32.5 Å². The summed E-state index contributed by atoms with van der Waals surface area (Å²) in [4.78, 5) is 2.45. The van der Waals surface area contributed by atoms with Crippen molar-refractivity contribution in [2.24, 2.45) is 0 Å². The Kier molecular flexibility index (Phi) is 13.7. The summed E-state index contributed by atoms with van der Waals surface area (Å²) in [5.41, 5.74) is 0. The molecule has 2 aromatic carbocycles. The Bertz CT molecular complexity index is 664. The fraction of sp³-hybridized carbons (Fsp3) is 0.500. The molecule has 0 spiro atoms. The van der Waals surface area contributed by atoms with Gasteiger partial charge in [0.25, 0.3) is 0 Å². The number of thioether (sulfide) groups is 6. The van der Waals surface area contributed by atoms with E-state index in [1.807, 2.05) is 59.9 Å². The Labute approximate surface area is 218 Å². The Balaban J connectivity index is 1.18. The van der Waals surface area contributed by atoms with Gasteiger partial charge in [-0.15, -0.1) is 23.5 Å². The van der Waals surface area contributed by atoms with E-state index in [1.165, 1.54) is 21.3 Å². The van der Waals surface area contributed by atoms with Crippen molar-refractivity contribution in [3.05, 3.63) is 60.7 Å². The van der Waals surface area contributed by atoms with Gasteiger partial charge in [0.1, 0.15) is 0 Å². The van der Waals surface area contributed by atoms with Crippen LogP contribution in [0.2, 0.25) is 0 Å². The topological polar surface area (TPSA) is 40.5 Å². The number of benzene rings is 2. The molecule has 1 fully saturated rings. The molecule has 3 rings (SSSR count). The van der Waals surface area contributed by atoms with Crippen LogP contribution in [0.3, 0.4) is 0 Å². The Morgan fingerprint density at radius 1 is 0.656 bits per heavy atom. The van der Waals surface area contributed by atoms with Crippen LogP contribution in [0.4, 0.5) is 0 Å². The lowest BCUT2D eigenvalue weighted by atomic mass is 10.4. The normalized spacial score (nSPS) is 20.7. The second-order valence-electron chi connectivity index (χ2n) is 7.54. The third-order valence-electron chi connectivity index (χ3n) is 4.63. The molecule has 0 saturated carbocycles. The number of aliphatic hydroxyl groups is 2. The summed E-state index contributed by atoms with van der Waals surface area (Å²) >= 11 is 11.4. The minimum Gasteiger partial charge on any atom is -0.391 e. The van der Waals surface area contributed by atoms with Gasteiger partial charge >= 0.3 is 0 Å². The molecule has 0 amide bonds. The monoisotopic (exact) mass is 544 g/mol. The zero-order valence-electron chi connectivity index (χ0n) is 18.1. The van der Waals surface area contributed by atoms with E-state index in [-0.39, 0.29) is 12.2 Å². The molecule has 4 atom stereocenters. The van der Waals surface area contributed by atoms with Crippen molar-refractivity contribution in [1.82, 2.24) is 0 Å². The first-order valence-corrected chi connectivity index (χ1v) is 17.2. The zero-order chi connectivity index (χ0) is 22.4. The van der Waals surface area contributed by atoms with E-state index in [9.17, 15) is 10.2 Å². The van der Waals surface area contributed by atoms with Gasteiger partial charge in [-0.1, -0.05) is 36.4 Å². The molecule has 1 saturated heterocycles. The molecule has 0 bridgehead atoms. The second-order valence-corrected chi connectivity index (χ2v) is 14.5. The van der Waals surface area contributed by atoms with Crippen molar-refractivity contribution in [3.63, 3.8) is 0 Å². The Morgan fingerprint density at radius 2 is 1.06 bits per heavy atom. The molecule has 1 aliphatic rings. The molecule has 2 aromatic rings. The second kappa shape index (κ2) is 16.2. The smallest absolute Gasteiger partial charge is 0.0724 e. The van der Waals surface area contributed by atoms with Crippen LogP contribution in [-0.4, -0.2) is 78.9 Å². The van der Waals surface area contributed by atoms with E-state index in [0.29, 0.717) is 10.5 Å². The van der Waals surface area contributed by atoms with E-state index in [2.05, 4.69) is 47.8 Å². The highest BCUT2D eigenvalue weighted by Gasteiger charge is 2.22. The zero-order valence-corrected chi connectivity index (χ0v) is 23.0. The number of rotatable bonds is 14. The van der Waals surface area contributed by atoms with Gasteiger partial charge in [0, 0.05) is 66.3 Å². The van der Waals surface area contributed by atoms with E-state index < -0.39 is 0 Å². The quantitative estimate of drug-likeness (QED) is 0.282. The maximum atomic E-state index is 10.2. The van der Waals surface area contributed by atoms with Crippen LogP contribution in [0.15, 0.2) is 70.5 Å². The van der Waals surface area contributed by atoms with Crippen molar-refractivity contribution in [2.75, 3.05) is 46.0 Å². The van der Waals surface area contributed by atoms with Gasteiger partial charge < -0.3 is 10.2 Å². The molecule has 2 N–H and O–H groups in total. The average Bonchev–Trinajstić information content (AvgIpc) is 2.84. The number of hydrogen-bond donors (Lipinski definition) is 2. The highest BCUT2D eigenvalue weighted by atomic mass is 32.2. The third kappa shape index (κ3) is 11.3. The number of hydrogen-bond acceptors (Lipinski definition) is 8. The van der Waals surface area contributed by atoms with E-state index >= 15 is 0 Å². The van der Waals surface area contributed by atoms with Gasteiger partial charge in [-0.25, -0.2) is 0 Å². The van der Waals surface area contributed by atoms with Crippen LogP contribution in [0.5, 0.6) is 0 Å². The molecule has 2 nitrogen and oxygen atoms in total. The van der Waals surface area contributed by atoms with Crippen molar-refractivity contribution in [3.8, 4) is 0 Å². The summed E-state index contributed by atoms with van der Waals surface area (Å²) < 4.78 is 0. The molecular weight excluding hydrogens is 513 g/mol. The standard InChI is InChI=1S/C24H32O2S6/c25-19(13-29-21-7-3-1-4-8-21)11-27-15-23-17-32-24(18-31-23)16-28-12-20(26)14-30-22-9-5-2-6-10-22/h1-10,19-20,23-26H,11-18H2. The van der Waals surface area contributed by atoms with Crippen molar-refractivity contribution >= 4 is 70.6 Å². The average molecular weight is 545 g/mol. The molecule has 176 valence electrons. The van der Waals surface area contributed by atoms with Crippen LogP contribution >= 0.6 is 70.6 Å². The van der Waals surface area contributed by atoms with E-state index in [1.54, 1.807) is 23.5 Å². The molecule has 8 heteroatoms. The first kappa shape index (κ1) is 27.1. The molecule has 0 aliphatic carbocycles. The minimum absolute atomic E-state index is 0.248. The lowest BCUT2D eigenvalue weighted by Crippen LogP contribution is -2.26. The summed E-state index contributed by atoms with van der Waals surface area (Å²) in [6.45, 7) is 0. The summed E-state index contributed by atoms with van der Waals surface area (Å²) in [6.07, 6.45) is -0.496. The third-order valence-corrected chi connectivity index (χ3v) is 13.1. The van der Waals surface area contributed by atoms with E-state index in [0.717, 1.165) is 34.5 Å². The fourth-order valence-electron chi connectivity index (χ4n) is 2.96. The lowest BCUT2D eigenvalue weighted by molar-refractivity contribution is 0.224. The maximum absolute atomic E-state index is 10.2. The predicted octanol–water partition coefficient (Wildman–Crippen LogP) is 5.98.